The Hall–Kier alpha value is -3.67. The van der Waals surface area contributed by atoms with Crippen LogP contribution in [0.5, 0.6) is 11.5 Å². The molecule has 0 saturated carbocycles. The molecular weight excluding hydrogens is 346 g/mol. The molecule has 2 aromatic carbocycles. The standard InChI is InChI=1S/C21H17NO5/c23-16-6-11-20(24)19(12-16)22-21(25)14-27-18-9-7-17(8-10-18)26-13-15-4-2-1-3-5-15/h1-12H,13-14H2,(H,22,25). The van der Waals surface area contributed by atoms with E-state index in [0.29, 0.717) is 18.1 Å². The lowest BCUT2D eigenvalue weighted by molar-refractivity contribution is -0.124. The lowest BCUT2D eigenvalue weighted by atomic mass is 10.1. The van der Waals surface area contributed by atoms with E-state index < -0.39 is 11.7 Å². The molecule has 0 unspecified atom stereocenters. The van der Waals surface area contributed by atoms with Crippen LogP contribution in [0, 0.1) is 0 Å². The van der Waals surface area contributed by atoms with Gasteiger partial charge < -0.3 is 14.8 Å². The summed E-state index contributed by atoms with van der Waals surface area (Å²) in [6, 6.07) is 16.7. The number of allylic oxidation sites excluding steroid dienone is 3. The van der Waals surface area contributed by atoms with E-state index >= 15 is 0 Å². The van der Waals surface area contributed by atoms with E-state index in [1.54, 1.807) is 24.3 Å². The van der Waals surface area contributed by atoms with Gasteiger partial charge in [-0.2, -0.15) is 0 Å². The molecule has 1 N–H and O–H groups in total. The Balaban J connectivity index is 1.46. The third kappa shape index (κ3) is 5.40. The third-order valence-electron chi connectivity index (χ3n) is 3.67. The Bertz CT molecular complexity index is 898. The van der Waals surface area contributed by atoms with E-state index in [-0.39, 0.29) is 18.1 Å². The van der Waals surface area contributed by atoms with Crippen molar-refractivity contribution in [3.05, 3.63) is 84.1 Å². The fraction of sp³-hybridized carbons (Fsp3) is 0.0952. The third-order valence-corrected chi connectivity index (χ3v) is 3.67. The van der Waals surface area contributed by atoms with Crippen molar-refractivity contribution in [1.82, 2.24) is 5.32 Å². The van der Waals surface area contributed by atoms with E-state index in [2.05, 4.69) is 5.32 Å². The number of hydrogen-bond donors (Lipinski definition) is 1. The predicted molar refractivity (Wildman–Crippen MR) is 98.1 cm³/mol. The second-order valence-corrected chi connectivity index (χ2v) is 5.74. The molecule has 1 amide bonds. The minimum Gasteiger partial charge on any atom is -0.489 e. The summed E-state index contributed by atoms with van der Waals surface area (Å²) in [5, 5.41) is 2.37. The number of amides is 1. The van der Waals surface area contributed by atoms with Crippen LogP contribution in [0.2, 0.25) is 0 Å². The van der Waals surface area contributed by atoms with Gasteiger partial charge in [-0.1, -0.05) is 30.3 Å². The first-order valence-corrected chi connectivity index (χ1v) is 8.28. The predicted octanol–water partition coefficient (Wildman–Crippen LogP) is 2.35. The zero-order valence-electron chi connectivity index (χ0n) is 14.4. The average molecular weight is 363 g/mol. The number of ketones is 2. The van der Waals surface area contributed by atoms with Gasteiger partial charge in [0.1, 0.15) is 18.1 Å². The zero-order chi connectivity index (χ0) is 19.1. The smallest absolute Gasteiger partial charge is 0.262 e. The first-order valence-electron chi connectivity index (χ1n) is 8.28. The monoisotopic (exact) mass is 363 g/mol. The molecule has 3 rings (SSSR count). The summed E-state index contributed by atoms with van der Waals surface area (Å²) >= 11 is 0. The van der Waals surface area contributed by atoms with Crippen molar-refractivity contribution in [2.24, 2.45) is 0 Å². The fourth-order valence-electron chi connectivity index (χ4n) is 2.31. The first-order chi connectivity index (χ1) is 13.1. The molecule has 0 aromatic heterocycles. The molecule has 0 atom stereocenters. The van der Waals surface area contributed by atoms with Crippen LogP contribution in [0.1, 0.15) is 5.56 Å². The molecule has 0 radical (unpaired) electrons. The van der Waals surface area contributed by atoms with E-state index in [4.69, 9.17) is 9.47 Å². The Kier molecular flexibility index (Phi) is 5.79. The molecule has 0 aliphatic heterocycles. The van der Waals surface area contributed by atoms with Gasteiger partial charge in [-0.15, -0.1) is 0 Å². The molecule has 2 aromatic rings. The minimum absolute atomic E-state index is 0.0549. The van der Waals surface area contributed by atoms with Crippen molar-refractivity contribution in [2.45, 2.75) is 6.61 Å². The van der Waals surface area contributed by atoms with Crippen molar-refractivity contribution < 1.29 is 23.9 Å². The van der Waals surface area contributed by atoms with Crippen LogP contribution in [-0.2, 0) is 21.0 Å². The number of ether oxygens (including phenoxy) is 2. The summed E-state index contributed by atoms with van der Waals surface area (Å²) in [6.45, 7) is 0.173. The van der Waals surface area contributed by atoms with Crippen molar-refractivity contribution in [2.75, 3.05) is 6.61 Å². The molecule has 6 heteroatoms. The van der Waals surface area contributed by atoms with Crippen molar-refractivity contribution in [1.29, 1.82) is 0 Å². The summed E-state index contributed by atoms with van der Waals surface area (Å²) < 4.78 is 11.1. The van der Waals surface area contributed by atoms with Crippen LogP contribution >= 0.6 is 0 Å². The van der Waals surface area contributed by atoms with Gasteiger partial charge in [0.05, 0.1) is 5.70 Å². The normalized spacial score (nSPS) is 13.1. The quantitative estimate of drug-likeness (QED) is 0.764. The second kappa shape index (κ2) is 8.62. The Morgan fingerprint density at radius 2 is 1.52 bits per heavy atom. The van der Waals surface area contributed by atoms with E-state index in [1.165, 1.54) is 0 Å². The highest BCUT2D eigenvalue weighted by Crippen LogP contribution is 2.18. The molecule has 136 valence electrons. The molecular formula is C21H17NO5. The molecule has 0 spiro atoms. The summed E-state index contributed by atoms with van der Waals surface area (Å²) in [4.78, 5) is 34.7. The largest absolute Gasteiger partial charge is 0.489 e. The topological polar surface area (TPSA) is 81.7 Å². The van der Waals surface area contributed by atoms with Gasteiger partial charge >= 0.3 is 0 Å². The Morgan fingerprint density at radius 1 is 0.852 bits per heavy atom. The number of carbonyl (C=O) groups is 3. The summed E-state index contributed by atoms with van der Waals surface area (Å²) in [6.07, 6.45) is 3.35. The van der Waals surface area contributed by atoms with Gasteiger partial charge in [0, 0.05) is 6.08 Å². The van der Waals surface area contributed by atoms with Gasteiger partial charge in [0.2, 0.25) is 5.78 Å². The molecule has 1 aliphatic carbocycles. The molecule has 0 saturated heterocycles. The number of benzene rings is 2. The molecule has 27 heavy (non-hydrogen) atoms. The minimum atomic E-state index is -0.526. The van der Waals surface area contributed by atoms with Crippen molar-refractivity contribution >= 4 is 17.5 Å². The fourth-order valence-corrected chi connectivity index (χ4v) is 2.31. The molecule has 0 heterocycles. The van der Waals surface area contributed by atoms with Crippen LogP contribution in [0.25, 0.3) is 0 Å². The summed E-state index contributed by atoms with van der Waals surface area (Å²) in [5.74, 6) is -0.141. The van der Waals surface area contributed by atoms with E-state index in [1.807, 2.05) is 30.3 Å². The van der Waals surface area contributed by atoms with E-state index in [0.717, 1.165) is 23.8 Å². The second-order valence-electron chi connectivity index (χ2n) is 5.74. The van der Waals surface area contributed by atoms with Gasteiger partial charge in [-0.3, -0.25) is 14.4 Å². The maximum absolute atomic E-state index is 11.9. The van der Waals surface area contributed by atoms with Crippen LogP contribution < -0.4 is 14.8 Å². The number of carbonyl (C=O) groups excluding carboxylic acids is 3. The SMILES string of the molecule is O=C1C=CC(=O)C(NC(=O)COc2ccc(OCc3ccccc3)cc2)=C1. The Morgan fingerprint density at radius 3 is 2.22 bits per heavy atom. The maximum atomic E-state index is 11.9. The Labute approximate surface area is 156 Å². The number of nitrogens with one attached hydrogen (secondary N) is 1. The van der Waals surface area contributed by atoms with Gasteiger partial charge in [-0.25, -0.2) is 0 Å². The maximum Gasteiger partial charge on any atom is 0.262 e. The highest BCUT2D eigenvalue weighted by atomic mass is 16.5. The van der Waals surface area contributed by atoms with Gasteiger partial charge in [0.25, 0.3) is 5.91 Å². The summed E-state index contributed by atoms with van der Waals surface area (Å²) in [5.41, 5.74) is 1.01. The zero-order valence-corrected chi connectivity index (χ0v) is 14.4. The van der Waals surface area contributed by atoms with E-state index in [9.17, 15) is 14.4 Å². The van der Waals surface area contributed by atoms with Crippen LogP contribution in [-0.4, -0.2) is 24.1 Å². The van der Waals surface area contributed by atoms with Gasteiger partial charge in [0.15, 0.2) is 12.4 Å². The molecule has 1 aliphatic rings. The average Bonchev–Trinajstić information content (AvgIpc) is 2.69. The first kappa shape index (κ1) is 18.1. The lowest BCUT2D eigenvalue weighted by Gasteiger charge is -2.11. The van der Waals surface area contributed by atoms with Gasteiger partial charge in [-0.05, 0) is 42.0 Å². The molecule has 0 bridgehead atoms. The highest BCUT2D eigenvalue weighted by Gasteiger charge is 2.16. The van der Waals surface area contributed by atoms with Crippen molar-refractivity contribution in [3.8, 4) is 11.5 Å². The van der Waals surface area contributed by atoms with Crippen LogP contribution in [0.3, 0.4) is 0 Å². The van der Waals surface area contributed by atoms with Crippen LogP contribution in [0.4, 0.5) is 0 Å². The van der Waals surface area contributed by atoms with Crippen molar-refractivity contribution in [3.63, 3.8) is 0 Å². The molecule has 0 fully saturated rings. The highest BCUT2D eigenvalue weighted by molar-refractivity contribution is 6.18. The molecule has 6 nitrogen and oxygen atoms in total. The number of hydrogen-bond acceptors (Lipinski definition) is 5. The number of rotatable bonds is 7. The summed E-state index contributed by atoms with van der Waals surface area (Å²) in [7, 11) is 0. The lowest BCUT2D eigenvalue weighted by Crippen LogP contribution is -2.32. The van der Waals surface area contributed by atoms with Crippen LogP contribution in [0.15, 0.2) is 78.5 Å².